The van der Waals surface area contributed by atoms with Gasteiger partial charge in [-0.25, -0.2) is 9.26 Å². The van der Waals surface area contributed by atoms with Crippen LogP contribution in [0.2, 0.25) is 0 Å². The van der Waals surface area contributed by atoms with Gasteiger partial charge < -0.3 is 0 Å². The molecule has 6 nitrogen and oxygen atoms in total. The van der Waals surface area contributed by atoms with Crippen molar-refractivity contribution < 1.29 is 9.26 Å². The summed E-state index contributed by atoms with van der Waals surface area (Å²) in [6, 6.07) is 20.7. The molecule has 0 unspecified atom stereocenters. The normalized spacial score (nSPS) is 11.7. The molecule has 7 rings (SSSR count). The minimum Gasteiger partial charge on any atom is -0.243 e. The van der Waals surface area contributed by atoms with Crippen LogP contribution < -0.4 is 0 Å². The van der Waals surface area contributed by atoms with Crippen molar-refractivity contribution in [3.8, 4) is 41.8 Å². The number of rotatable bonds is 4. The van der Waals surface area contributed by atoms with Crippen LogP contribution in [-0.2, 0) is 0 Å². The van der Waals surface area contributed by atoms with Gasteiger partial charge in [0.05, 0.1) is 7.57 Å². The van der Waals surface area contributed by atoms with Crippen LogP contribution in [0.1, 0.15) is 0 Å². The standard InChI is InChI=1S/C24H10Br2N4O2S3/c25-19-9-7-17(34-19)13-3-1-11(21-23(13)29-31-27-21)15-5-6-16(33-15)12-2-4-14(18-8-10-20(26)35-18)24-22(12)28-32-30-24/h1-10H. The van der Waals surface area contributed by atoms with E-state index in [0.717, 1.165) is 71.4 Å². The highest BCUT2D eigenvalue weighted by atomic mass is 79.9. The summed E-state index contributed by atoms with van der Waals surface area (Å²) in [6.07, 6.45) is 0. The molecule has 35 heavy (non-hydrogen) atoms. The highest BCUT2D eigenvalue weighted by Gasteiger charge is 2.20. The van der Waals surface area contributed by atoms with Crippen molar-refractivity contribution in [2.45, 2.75) is 0 Å². The van der Waals surface area contributed by atoms with Crippen LogP contribution in [0.15, 0.2) is 77.5 Å². The summed E-state index contributed by atoms with van der Waals surface area (Å²) in [4.78, 5) is 4.34. The van der Waals surface area contributed by atoms with Gasteiger partial charge in [0.2, 0.25) is 0 Å². The molecule has 5 aromatic heterocycles. The van der Waals surface area contributed by atoms with Crippen LogP contribution in [0.3, 0.4) is 0 Å². The fourth-order valence-corrected chi connectivity index (χ4v) is 7.96. The summed E-state index contributed by atoms with van der Waals surface area (Å²) < 4.78 is 12.4. The lowest BCUT2D eigenvalue weighted by molar-refractivity contribution is 0.315. The Labute approximate surface area is 226 Å². The van der Waals surface area contributed by atoms with Gasteiger partial charge in [0.15, 0.2) is 0 Å². The van der Waals surface area contributed by atoms with E-state index in [2.05, 4.69) is 101 Å². The van der Waals surface area contributed by atoms with Crippen molar-refractivity contribution in [1.29, 1.82) is 0 Å². The fraction of sp³-hybridized carbons (Fsp3) is 0. The Morgan fingerprint density at radius 3 is 1.06 bits per heavy atom. The zero-order valence-electron chi connectivity index (χ0n) is 17.4. The number of benzene rings is 2. The number of aromatic nitrogens is 4. The zero-order chi connectivity index (χ0) is 23.5. The lowest BCUT2D eigenvalue weighted by atomic mass is 10.1. The number of thiophene rings is 3. The Morgan fingerprint density at radius 1 is 0.429 bits per heavy atom. The van der Waals surface area contributed by atoms with Crippen molar-refractivity contribution in [3.05, 3.63) is 68.2 Å². The summed E-state index contributed by atoms with van der Waals surface area (Å²) >= 11 is 12.0. The van der Waals surface area contributed by atoms with Gasteiger partial charge in [-0.05, 0) is 88.9 Å². The summed E-state index contributed by atoms with van der Waals surface area (Å²) in [7, 11) is 0. The molecule has 0 N–H and O–H groups in total. The summed E-state index contributed by atoms with van der Waals surface area (Å²) in [5, 5.41) is 16.9. The minimum absolute atomic E-state index is 0.743. The lowest BCUT2D eigenvalue weighted by Crippen LogP contribution is -1.82. The quantitative estimate of drug-likeness (QED) is 0.191. The maximum Gasteiger partial charge on any atom is 0.144 e. The molecule has 7 aromatic rings. The third-order valence-electron chi connectivity index (χ3n) is 5.65. The SMILES string of the molecule is Brc1ccc(-c2ccc(-c3ccc(-c4ccc(-c5ccc(Br)s5)c5nonc45)s3)c3nonc23)s1. The van der Waals surface area contributed by atoms with E-state index >= 15 is 0 Å². The fourth-order valence-electron chi connectivity index (χ4n) is 4.07. The third-order valence-corrected chi connectivity index (χ3v) is 10.1. The van der Waals surface area contributed by atoms with Crippen molar-refractivity contribution in [2.24, 2.45) is 0 Å². The van der Waals surface area contributed by atoms with E-state index < -0.39 is 0 Å². The molecule has 0 fully saturated rings. The number of hydrogen-bond donors (Lipinski definition) is 0. The molecule has 5 heterocycles. The molecule has 0 aliphatic rings. The molecule has 0 aliphatic carbocycles. The molecule has 11 heteroatoms. The smallest absolute Gasteiger partial charge is 0.144 e. The van der Waals surface area contributed by atoms with Crippen LogP contribution in [-0.4, -0.2) is 20.6 Å². The van der Waals surface area contributed by atoms with Gasteiger partial charge in [-0.2, -0.15) is 0 Å². The highest BCUT2D eigenvalue weighted by Crippen LogP contribution is 2.43. The highest BCUT2D eigenvalue weighted by molar-refractivity contribution is 9.11. The lowest BCUT2D eigenvalue weighted by Gasteiger charge is -2.03. The van der Waals surface area contributed by atoms with Gasteiger partial charge in [-0.15, -0.1) is 34.0 Å². The van der Waals surface area contributed by atoms with E-state index in [1.54, 1.807) is 34.0 Å². The number of nitrogens with zero attached hydrogens (tertiary/aromatic N) is 4. The van der Waals surface area contributed by atoms with Crippen molar-refractivity contribution in [1.82, 2.24) is 20.6 Å². The Morgan fingerprint density at radius 2 is 0.743 bits per heavy atom. The Balaban J connectivity index is 1.32. The van der Waals surface area contributed by atoms with Crippen molar-refractivity contribution >= 4 is 87.9 Å². The van der Waals surface area contributed by atoms with Crippen molar-refractivity contribution in [2.75, 3.05) is 0 Å². The number of halogens is 2. The monoisotopic (exact) mass is 640 g/mol. The molecule has 0 amide bonds. The first-order chi connectivity index (χ1) is 17.2. The van der Waals surface area contributed by atoms with Crippen LogP contribution >= 0.6 is 65.9 Å². The number of hydrogen-bond acceptors (Lipinski definition) is 9. The van der Waals surface area contributed by atoms with Gasteiger partial charge in [0.1, 0.15) is 22.1 Å². The Kier molecular flexibility index (Phi) is 5.21. The summed E-state index contributed by atoms with van der Waals surface area (Å²) in [5.74, 6) is 0. The molecule has 0 aliphatic heterocycles. The van der Waals surface area contributed by atoms with Crippen LogP contribution in [0, 0.1) is 0 Å². The second-order valence-corrected chi connectivity index (χ2v) is 13.6. The van der Waals surface area contributed by atoms with E-state index in [0.29, 0.717) is 0 Å². The topological polar surface area (TPSA) is 77.8 Å². The maximum atomic E-state index is 5.16. The van der Waals surface area contributed by atoms with E-state index in [-0.39, 0.29) is 0 Å². The zero-order valence-corrected chi connectivity index (χ0v) is 23.0. The molecule has 0 bridgehead atoms. The van der Waals surface area contributed by atoms with Gasteiger partial charge >= 0.3 is 0 Å². The molecule has 0 spiro atoms. The van der Waals surface area contributed by atoms with Crippen molar-refractivity contribution in [3.63, 3.8) is 0 Å². The second-order valence-electron chi connectivity index (χ2n) is 7.62. The molecule has 0 saturated carbocycles. The first-order valence-electron chi connectivity index (χ1n) is 10.3. The van der Waals surface area contributed by atoms with E-state index in [9.17, 15) is 0 Å². The maximum absolute atomic E-state index is 5.16. The average Bonchev–Trinajstić information content (AvgIpc) is 3.68. The summed E-state index contributed by atoms with van der Waals surface area (Å²) in [5.41, 5.74) is 6.95. The average molecular weight is 642 g/mol. The van der Waals surface area contributed by atoms with Gasteiger partial charge in [0, 0.05) is 41.8 Å². The largest absolute Gasteiger partial charge is 0.243 e. The first kappa shape index (κ1) is 21.6. The number of fused-ring (bicyclic) bond motifs is 2. The first-order valence-corrected chi connectivity index (χ1v) is 14.3. The molecule has 0 saturated heterocycles. The third kappa shape index (κ3) is 3.61. The van der Waals surface area contributed by atoms with Crippen LogP contribution in [0.25, 0.3) is 63.8 Å². The predicted octanol–water partition coefficient (Wildman–Crippen LogP) is 9.14. The van der Waals surface area contributed by atoms with E-state index in [1.165, 1.54) is 0 Å². The Bertz CT molecular complexity index is 1730. The van der Waals surface area contributed by atoms with Gasteiger partial charge in [0.25, 0.3) is 0 Å². The Hall–Kier alpha value is -2.70. The predicted molar refractivity (Wildman–Crippen MR) is 148 cm³/mol. The summed E-state index contributed by atoms with van der Waals surface area (Å²) in [6.45, 7) is 0. The molecule has 2 aromatic carbocycles. The molecule has 170 valence electrons. The minimum atomic E-state index is 0.743. The molecule has 0 atom stereocenters. The molecule has 0 radical (unpaired) electrons. The molecular weight excluding hydrogens is 632 g/mol. The van der Waals surface area contributed by atoms with Gasteiger partial charge in [-0.3, -0.25) is 0 Å². The second kappa shape index (κ2) is 8.45. The van der Waals surface area contributed by atoms with Gasteiger partial charge in [-0.1, -0.05) is 24.3 Å². The van der Waals surface area contributed by atoms with E-state index in [4.69, 9.17) is 9.26 Å². The van der Waals surface area contributed by atoms with E-state index in [1.807, 2.05) is 12.1 Å². The van der Waals surface area contributed by atoms with Crippen LogP contribution in [0.5, 0.6) is 0 Å². The van der Waals surface area contributed by atoms with Crippen LogP contribution in [0.4, 0.5) is 0 Å². The molecular formula is C24H10Br2N4O2S3.